The number of piperidine rings is 1. The largest absolute Gasteiger partial charge is 0.449 e. The molecule has 3 aliphatic carbocycles. The second-order valence-electron chi connectivity index (χ2n) is 17.0. The summed E-state index contributed by atoms with van der Waals surface area (Å²) in [4.78, 5) is 97.3. The fourth-order valence-corrected chi connectivity index (χ4v) is 8.46. The number of benzene rings is 1. The topological polar surface area (TPSA) is 183 Å². The lowest BCUT2D eigenvalue weighted by atomic mass is 9.83. The van der Waals surface area contributed by atoms with Gasteiger partial charge in [-0.15, -0.1) is 0 Å². The van der Waals surface area contributed by atoms with Crippen molar-refractivity contribution in [3.05, 3.63) is 35.9 Å². The third-order valence-electron chi connectivity index (χ3n) is 11.9. The van der Waals surface area contributed by atoms with Crippen molar-refractivity contribution in [2.75, 3.05) is 33.8 Å². The third-order valence-corrected chi connectivity index (χ3v) is 11.9. The quantitative estimate of drug-likeness (QED) is 0.197. The first-order valence-corrected chi connectivity index (χ1v) is 19.4. The Labute approximate surface area is 318 Å². The molecule has 0 aromatic heterocycles. The summed E-state index contributed by atoms with van der Waals surface area (Å²) >= 11 is 0. The number of likely N-dealkylation sites (tertiary alicyclic amines) is 1. The molecule has 4 aliphatic rings. The van der Waals surface area contributed by atoms with E-state index in [1.54, 1.807) is 49.3 Å². The van der Waals surface area contributed by atoms with E-state index in [4.69, 9.17) is 4.74 Å². The molecule has 296 valence electrons. The molecule has 1 heterocycles. The third kappa shape index (κ3) is 9.23. The molecule has 0 radical (unpaired) electrons. The normalized spacial score (nSPS) is 25.6. The van der Waals surface area contributed by atoms with Crippen molar-refractivity contribution in [1.29, 1.82) is 0 Å². The Morgan fingerprint density at radius 1 is 0.926 bits per heavy atom. The van der Waals surface area contributed by atoms with Gasteiger partial charge in [-0.1, -0.05) is 84.2 Å². The van der Waals surface area contributed by atoms with E-state index in [9.17, 15) is 33.6 Å². The van der Waals surface area contributed by atoms with E-state index < -0.39 is 60.3 Å². The van der Waals surface area contributed by atoms with Crippen LogP contribution in [-0.2, 0) is 33.5 Å². The van der Waals surface area contributed by atoms with Crippen LogP contribution in [0, 0.1) is 40.9 Å². The Morgan fingerprint density at radius 2 is 1.57 bits per heavy atom. The average molecular weight is 751 g/mol. The predicted molar refractivity (Wildman–Crippen MR) is 199 cm³/mol. The summed E-state index contributed by atoms with van der Waals surface area (Å²) in [6, 6.07) is 4.79. The molecular weight excluding hydrogens is 692 g/mol. The van der Waals surface area contributed by atoms with E-state index in [-0.39, 0.29) is 59.3 Å². The molecule has 0 bridgehead atoms. The molecule has 1 aliphatic heterocycles. The first kappa shape index (κ1) is 40.7. The van der Waals surface area contributed by atoms with Crippen LogP contribution in [0.5, 0.6) is 0 Å². The fourth-order valence-electron chi connectivity index (χ4n) is 8.46. The van der Waals surface area contributed by atoms with Crippen LogP contribution in [0.3, 0.4) is 0 Å². The predicted octanol–water partition coefficient (Wildman–Crippen LogP) is 2.57. The molecule has 3 saturated carbocycles. The van der Waals surface area contributed by atoms with Crippen LogP contribution >= 0.6 is 0 Å². The van der Waals surface area contributed by atoms with Gasteiger partial charge in [-0.2, -0.15) is 0 Å². The summed E-state index contributed by atoms with van der Waals surface area (Å²) in [6.07, 6.45) is 4.43. The summed E-state index contributed by atoms with van der Waals surface area (Å²) < 4.78 is 5.40. The van der Waals surface area contributed by atoms with Crippen LogP contribution < -0.4 is 21.3 Å². The molecule has 4 fully saturated rings. The van der Waals surface area contributed by atoms with Crippen molar-refractivity contribution in [1.82, 2.24) is 31.1 Å². The molecule has 5 rings (SSSR count). The highest BCUT2D eigenvalue weighted by atomic mass is 16.5. The number of nitrogens with one attached hydrogen (secondary N) is 4. The summed E-state index contributed by atoms with van der Waals surface area (Å²) in [5.74, 6) is -4.09. The summed E-state index contributed by atoms with van der Waals surface area (Å²) in [6.45, 7) is 9.89. The van der Waals surface area contributed by atoms with Gasteiger partial charge in [-0.3, -0.25) is 28.8 Å². The van der Waals surface area contributed by atoms with Crippen molar-refractivity contribution >= 4 is 41.4 Å². The molecule has 1 aromatic carbocycles. The Hall–Kier alpha value is -4.49. The van der Waals surface area contributed by atoms with Crippen LogP contribution in [-0.4, -0.2) is 103 Å². The minimum absolute atomic E-state index is 0.0620. The first-order valence-electron chi connectivity index (χ1n) is 19.4. The van der Waals surface area contributed by atoms with E-state index in [0.29, 0.717) is 18.5 Å². The van der Waals surface area contributed by atoms with Gasteiger partial charge in [0.15, 0.2) is 0 Å². The van der Waals surface area contributed by atoms with Gasteiger partial charge in [0.25, 0.3) is 5.91 Å². The Balaban J connectivity index is 1.27. The molecular formula is C40H58N6O8. The zero-order valence-electron chi connectivity index (χ0n) is 32.7. The van der Waals surface area contributed by atoms with Gasteiger partial charge >= 0.3 is 6.09 Å². The lowest BCUT2D eigenvalue weighted by Crippen LogP contribution is -2.60. The van der Waals surface area contributed by atoms with Crippen molar-refractivity contribution in [3.63, 3.8) is 0 Å². The Morgan fingerprint density at radius 3 is 2.17 bits per heavy atom. The first-order chi connectivity index (χ1) is 25.5. The molecule has 1 saturated heterocycles. The van der Waals surface area contributed by atoms with Crippen molar-refractivity contribution in [2.45, 2.75) is 97.3 Å². The highest BCUT2D eigenvalue weighted by Gasteiger charge is 2.70. The molecule has 1 aromatic rings. The molecule has 4 N–H and O–H groups in total. The number of nitrogens with zero attached hydrogens (tertiary/aromatic N) is 2. The van der Waals surface area contributed by atoms with E-state index in [1.165, 1.54) is 4.90 Å². The average Bonchev–Trinajstić information content (AvgIpc) is 3.92. The number of likely N-dealkylation sites (N-methyl/N-ethyl adjacent to an activating group) is 1. The number of hydrogen-bond acceptors (Lipinski definition) is 8. The number of Topliss-reactive ketones (excluding diaryl/α,β-unsaturated/α-hetero) is 1. The maximum absolute atomic E-state index is 14.4. The second kappa shape index (κ2) is 16.9. The lowest BCUT2D eigenvalue weighted by molar-refractivity contribution is -0.145. The SMILES string of the molecule is CC(C)COC(=O)N[C@H](C(=O)N1C[C@H]2[C@@H]([C@H]1C(=O)N[C@H](C(=O)C(=O)NCC(=O)NC(C(=O)N(C)C)c1ccccc1)[C@H]1CC1C)C2(C)C)C1CCCCC1. The van der Waals surface area contributed by atoms with Crippen LogP contribution in [0.4, 0.5) is 4.79 Å². The number of amides is 6. The highest BCUT2D eigenvalue weighted by Crippen LogP contribution is 2.65. The van der Waals surface area contributed by atoms with Crippen LogP contribution in [0.25, 0.3) is 0 Å². The molecule has 6 amide bonds. The number of ether oxygens (including phenoxy) is 1. The van der Waals surface area contributed by atoms with Crippen LogP contribution in [0.1, 0.15) is 84.7 Å². The van der Waals surface area contributed by atoms with Gasteiger partial charge in [-0.05, 0) is 65.7 Å². The van der Waals surface area contributed by atoms with Gasteiger partial charge in [-0.25, -0.2) is 4.79 Å². The Kier molecular flexibility index (Phi) is 12.7. The van der Waals surface area contributed by atoms with Crippen LogP contribution in [0.15, 0.2) is 30.3 Å². The molecule has 14 heteroatoms. The summed E-state index contributed by atoms with van der Waals surface area (Å²) in [7, 11) is 3.14. The maximum atomic E-state index is 14.4. The summed E-state index contributed by atoms with van der Waals surface area (Å²) in [5.41, 5.74) is 0.343. The fraction of sp³-hybridized carbons (Fsp3) is 0.675. The smallest absolute Gasteiger partial charge is 0.407 e. The zero-order valence-corrected chi connectivity index (χ0v) is 32.7. The van der Waals surface area contributed by atoms with Gasteiger partial charge in [0, 0.05) is 20.6 Å². The molecule has 0 spiro atoms. The van der Waals surface area contributed by atoms with E-state index >= 15 is 0 Å². The number of alkyl carbamates (subject to hydrolysis) is 1. The van der Waals surface area contributed by atoms with Gasteiger partial charge in [0.05, 0.1) is 13.2 Å². The number of carbonyl (C=O) groups is 7. The van der Waals surface area contributed by atoms with E-state index in [1.807, 2.05) is 20.8 Å². The number of rotatable bonds is 15. The number of fused-ring (bicyclic) bond motifs is 1. The minimum Gasteiger partial charge on any atom is -0.449 e. The second-order valence-corrected chi connectivity index (χ2v) is 17.0. The van der Waals surface area contributed by atoms with Gasteiger partial charge < -0.3 is 35.8 Å². The van der Waals surface area contributed by atoms with Crippen molar-refractivity contribution in [2.24, 2.45) is 40.9 Å². The standard InChI is InChI=1S/C40H58N6O8/c1-22(2)21-54-39(53)44-31(25-16-12-9-13-17-25)38(52)46-20-27-29(40(27,4)5)33(46)35(49)43-32(26-18-23(26)3)34(48)36(50)41-19-28(47)42-30(37(51)45(6)7)24-14-10-8-11-15-24/h8,10-11,14-15,22-23,25-27,29-33H,9,12-13,16-21H2,1-7H3,(H,41,50)(H,42,47)(H,43,49)(H,44,53)/t23?,26-,27-,29-,30?,31-,32-,33-/m0/s1. The van der Waals surface area contributed by atoms with Gasteiger partial charge in [0.2, 0.25) is 29.4 Å². The van der Waals surface area contributed by atoms with E-state index in [0.717, 1.165) is 32.1 Å². The van der Waals surface area contributed by atoms with Crippen molar-refractivity contribution in [3.8, 4) is 0 Å². The number of carbonyl (C=O) groups excluding carboxylic acids is 7. The van der Waals surface area contributed by atoms with Gasteiger partial charge in [0.1, 0.15) is 24.2 Å². The zero-order chi connectivity index (χ0) is 39.5. The maximum Gasteiger partial charge on any atom is 0.407 e. The minimum atomic E-state index is -1.15. The van der Waals surface area contributed by atoms with E-state index in [2.05, 4.69) is 35.1 Å². The highest BCUT2D eigenvalue weighted by molar-refractivity contribution is 6.38. The summed E-state index contributed by atoms with van der Waals surface area (Å²) in [5, 5.41) is 10.7. The molecule has 54 heavy (non-hydrogen) atoms. The number of ketones is 1. The lowest BCUT2D eigenvalue weighted by Gasteiger charge is -2.37. The molecule has 8 atom stereocenters. The molecule has 2 unspecified atom stereocenters. The molecule has 14 nitrogen and oxygen atoms in total. The van der Waals surface area contributed by atoms with Crippen molar-refractivity contribution < 1.29 is 38.3 Å². The number of hydrogen-bond donors (Lipinski definition) is 4. The monoisotopic (exact) mass is 750 g/mol. The Bertz CT molecular complexity index is 1590. The van der Waals surface area contributed by atoms with Crippen LogP contribution in [0.2, 0.25) is 0 Å².